The lowest BCUT2D eigenvalue weighted by molar-refractivity contribution is 0.483. The highest BCUT2D eigenvalue weighted by molar-refractivity contribution is 7.95. The zero-order chi connectivity index (χ0) is 20.0. The first kappa shape index (κ1) is 19.5. The maximum atomic E-state index is 12.6. The minimum atomic E-state index is -3.93. The minimum absolute atomic E-state index is 0.00175. The first-order chi connectivity index (χ1) is 13.5. The predicted octanol–water partition coefficient (Wildman–Crippen LogP) is 5.38. The molecule has 0 unspecified atom stereocenters. The van der Waals surface area contributed by atoms with E-state index < -0.39 is 14.7 Å². The van der Waals surface area contributed by atoms with Crippen LogP contribution in [0.2, 0.25) is 5.02 Å². The van der Waals surface area contributed by atoms with Crippen molar-refractivity contribution in [2.45, 2.75) is 4.90 Å². The van der Waals surface area contributed by atoms with E-state index >= 15 is 0 Å². The molecule has 5 nitrogen and oxygen atoms in total. The van der Waals surface area contributed by atoms with Crippen molar-refractivity contribution in [1.82, 2.24) is 0 Å². The third kappa shape index (κ3) is 4.71. The Balaban J connectivity index is 1.74. The summed E-state index contributed by atoms with van der Waals surface area (Å²) in [5, 5.41) is 12.5. The summed E-state index contributed by atoms with van der Waals surface area (Å²) in [7, 11) is -3.93. The summed E-state index contributed by atoms with van der Waals surface area (Å²) in [5.74, 6) is 1.35. The number of hydrogen-bond donors (Lipinski definition) is 1. The maximum absolute atomic E-state index is 12.6. The van der Waals surface area contributed by atoms with Crippen LogP contribution in [0, 0.1) is 11.3 Å². The van der Waals surface area contributed by atoms with E-state index in [9.17, 15) is 13.7 Å². The van der Waals surface area contributed by atoms with Crippen LogP contribution in [0.25, 0.3) is 0 Å². The molecule has 0 aliphatic carbocycles. The normalized spacial score (nSPS) is 11.5. The average molecular weight is 411 g/mol. The van der Waals surface area contributed by atoms with Crippen LogP contribution < -0.4 is 10.1 Å². The standard InChI is InChI=1S/C21H15ClN2O3S/c22-16-6-12-20(13-7-16)28(25,26)21(14-23)15-24-17-8-10-19(11-9-17)27-18-4-2-1-3-5-18/h1-13,15,24H. The van der Waals surface area contributed by atoms with Gasteiger partial charge in [0.15, 0.2) is 4.91 Å². The fourth-order valence-electron chi connectivity index (χ4n) is 2.30. The second-order valence-corrected chi connectivity index (χ2v) is 8.02. The zero-order valence-corrected chi connectivity index (χ0v) is 16.1. The summed E-state index contributed by atoms with van der Waals surface area (Å²) in [5.41, 5.74) is 0.611. The quantitative estimate of drug-likeness (QED) is 0.551. The van der Waals surface area contributed by atoms with Gasteiger partial charge in [-0.05, 0) is 60.7 Å². The molecule has 0 aliphatic rings. The van der Waals surface area contributed by atoms with Crippen molar-refractivity contribution in [3.8, 4) is 17.6 Å². The molecule has 0 fully saturated rings. The van der Waals surface area contributed by atoms with Crippen molar-refractivity contribution in [2.24, 2.45) is 0 Å². The van der Waals surface area contributed by atoms with Crippen molar-refractivity contribution in [1.29, 1.82) is 5.26 Å². The lowest BCUT2D eigenvalue weighted by Crippen LogP contribution is -2.05. The number of nitrogens with one attached hydrogen (secondary N) is 1. The molecule has 0 aliphatic heterocycles. The van der Waals surface area contributed by atoms with Gasteiger partial charge >= 0.3 is 0 Å². The molecule has 0 atom stereocenters. The summed E-state index contributed by atoms with van der Waals surface area (Å²) >= 11 is 5.78. The summed E-state index contributed by atoms with van der Waals surface area (Å²) < 4.78 is 30.8. The molecule has 0 saturated heterocycles. The molecule has 3 aromatic rings. The second kappa shape index (κ2) is 8.61. The SMILES string of the molecule is N#CC(=CNc1ccc(Oc2ccccc2)cc1)S(=O)(=O)c1ccc(Cl)cc1. The Kier molecular flexibility index (Phi) is 5.99. The molecular weight excluding hydrogens is 396 g/mol. The highest BCUT2D eigenvalue weighted by atomic mass is 35.5. The molecule has 0 heterocycles. The molecule has 0 spiro atoms. The van der Waals surface area contributed by atoms with Crippen LogP contribution in [0.3, 0.4) is 0 Å². The predicted molar refractivity (Wildman–Crippen MR) is 109 cm³/mol. The van der Waals surface area contributed by atoms with Crippen molar-refractivity contribution in [3.05, 3.63) is 95.0 Å². The Bertz CT molecular complexity index is 1120. The maximum Gasteiger partial charge on any atom is 0.218 e. The molecule has 140 valence electrons. The highest BCUT2D eigenvalue weighted by Gasteiger charge is 2.20. The number of sulfone groups is 1. The van der Waals surface area contributed by atoms with Gasteiger partial charge < -0.3 is 10.1 Å². The van der Waals surface area contributed by atoms with E-state index in [2.05, 4.69) is 5.32 Å². The van der Waals surface area contributed by atoms with Crippen LogP contribution in [0.15, 0.2) is 94.9 Å². The summed E-state index contributed by atoms with van der Waals surface area (Å²) in [6, 6.07) is 23.6. The van der Waals surface area contributed by atoms with E-state index in [0.717, 1.165) is 6.20 Å². The average Bonchev–Trinajstić information content (AvgIpc) is 2.70. The number of nitriles is 1. The Morgan fingerprint density at radius 1 is 0.929 bits per heavy atom. The van der Waals surface area contributed by atoms with Gasteiger partial charge in [0.25, 0.3) is 0 Å². The third-order valence-electron chi connectivity index (χ3n) is 3.73. The summed E-state index contributed by atoms with van der Waals surface area (Å²) in [6.45, 7) is 0. The Hall–Kier alpha value is -3.27. The fraction of sp³-hybridized carbons (Fsp3) is 0. The van der Waals surface area contributed by atoms with E-state index in [1.807, 2.05) is 30.3 Å². The number of halogens is 1. The monoisotopic (exact) mass is 410 g/mol. The summed E-state index contributed by atoms with van der Waals surface area (Å²) in [6.07, 6.45) is 1.16. The molecule has 28 heavy (non-hydrogen) atoms. The van der Waals surface area contributed by atoms with Crippen LogP contribution in [-0.2, 0) is 9.84 Å². The van der Waals surface area contributed by atoms with Crippen molar-refractivity contribution < 1.29 is 13.2 Å². The van der Waals surface area contributed by atoms with Crippen LogP contribution >= 0.6 is 11.6 Å². The lowest BCUT2D eigenvalue weighted by atomic mass is 10.3. The Morgan fingerprint density at radius 3 is 2.14 bits per heavy atom. The number of benzene rings is 3. The lowest BCUT2D eigenvalue weighted by Gasteiger charge is -2.07. The number of hydrogen-bond acceptors (Lipinski definition) is 5. The second-order valence-electron chi connectivity index (χ2n) is 5.66. The van der Waals surface area contributed by atoms with Gasteiger partial charge in [0, 0.05) is 16.9 Å². The molecule has 0 bridgehead atoms. The number of ether oxygens (including phenoxy) is 1. The minimum Gasteiger partial charge on any atom is -0.457 e. The van der Waals surface area contributed by atoms with Crippen LogP contribution in [-0.4, -0.2) is 8.42 Å². The molecule has 0 amide bonds. The molecule has 1 N–H and O–H groups in total. The zero-order valence-electron chi connectivity index (χ0n) is 14.5. The van der Waals surface area contributed by atoms with Gasteiger partial charge in [-0.3, -0.25) is 0 Å². The van der Waals surface area contributed by atoms with Crippen LogP contribution in [0.4, 0.5) is 5.69 Å². The smallest absolute Gasteiger partial charge is 0.218 e. The molecule has 0 aromatic heterocycles. The fourth-order valence-corrected chi connectivity index (χ4v) is 3.51. The Labute approximate surface area is 168 Å². The van der Waals surface area contributed by atoms with Gasteiger partial charge in [0.2, 0.25) is 9.84 Å². The van der Waals surface area contributed by atoms with Crippen molar-refractivity contribution >= 4 is 27.1 Å². The van der Waals surface area contributed by atoms with Gasteiger partial charge in [0.1, 0.15) is 17.6 Å². The first-order valence-electron chi connectivity index (χ1n) is 8.19. The molecular formula is C21H15ClN2O3S. The molecule has 0 radical (unpaired) electrons. The van der Waals surface area contributed by atoms with Gasteiger partial charge in [-0.1, -0.05) is 29.8 Å². The molecule has 0 saturated carbocycles. The van der Waals surface area contributed by atoms with E-state index in [1.54, 1.807) is 30.3 Å². The van der Waals surface area contributed by atoms with Gasteiger partial charge in [-0.15, -0.1) is 0 Å². The number of nitrogens with zero attached hydrogens (tertiary/aromatic N) is 1. The van der Waals surface area contributed by atoms with E-state index in [0.29, 0.717) is 22.2 Å². The van der Waals surface area contributed by atoms with Crippen LogP contribution in [0.5, 0.6) is 11.5 Å². The topological polar surface area (TPSA) is 79.2 Å². The molecule has 3 aromatic carbocycles. The molecule has 3 rings (SSSR count). The first-order valence-corrected chi connectivity index (χ1v) is 10.1. The number of para-hydroxylation sites is 1. The third-order valence-corrected chi connectivity index (χ3v) is 5.66. The number of allylic oxidation sites excluding steroid dienone is 1. The van der Waals surface area contributed by atoms with Gasteiger partial charge in [-0.2, -0.15) is 5.26 Å². The van der Waals surface area contributed by atoms with E-state index in [-0.39, 0.29) is 4.90 Å². The highest BCUT2D eigenvalue weighted by Crippen LogP contribution is 2.24. The van der Waals surface area contributed by atoms with Crippen molar-refractivity contribution in [2.75, 3.05) is 5.32 Å². The Morgan fingerprint density at radius 2 is 1.54 bits per heavy atom. The number of rotatable bonds is 6. The van der Waals surface area contributed by atoms with E-state index in [1.165, 1.54) is 24.3 Å². The molecule has 7 heteroatoms. The number of anilines is 1. The summed E-state index contributed by atoms with van der Waals surface area (Å²) in [4.78, 5) is -0.405. The van der Waals surface area contributed by atoms with E-state index in [4.69, 9.17) is 16.3 Å². The largest absolute Gasteiger partial charge is 0.457 e. The van der Waals surface area contributed by atoms with Crippen molar-refractivity contribution in [3.63, 3.8) is 0 Å². The van der Waals surface area contributed by atoms with Gasteiger partial charge in [0.05, 0.1) is 4.90 Å². The van der Waals surface area contributed by atoms with Crippen LogP contribution in [0.1, 0.15) is 0 Å². The van der Waals surface area contributed by atoms with Gasteiger partial charge in [-0.25, -0.2) is 8.42 Å².